The molecule has 102 valence electrons. The third kappa shape index (κ3) is 2.10. The van der Waals surface area contributed by atoms with Gasteiger partial charge in [0.05, 0.1) is 12.1 Å². The summed E-state index contributed by atoms with van der Waals surface area (Å²) in [5, 5.41) is 3.39. The lowest BCUT2D eigenvalue weighted by Crippen LogP contribution is -2.47. The van der Waals surface area contributed by atoms with Crippen LogP contribution in [-0.2, 0) is 4.74 Å². The van der Waals surface area contributed by atoms with Crippen LogP contribution >= 0.6 is 0 Å². The first-order valence-electron chi connectivity index (χ1n) is 6.78. The minimum Gasteiger partial charge on any atom is -0.444 e. The van der Waals surface area contributed by atoms with Crippen LogP contribution in [0.25, 0.3) is 0 Å². The molecule has 2 aliphatic rings. The zero-order valence-corrected chi connectivity index (χ0v) is 11.6. The number of rotatable bonds is 0. The normalized spacial score (nSPS) is 25.1. The molecule has 2 unspecified atom stereocenters. The molecule has 1 N–H and O–H groups in total. The molecule has 1 aromatic rings. The van der Waals surface area contributed by atoms with Crippen LogP contribution in [0.4, 0.5) is 4.79 Å². The molecule has 1 amide bonds. The summed E-state index contributed by atoms with van der Waals surface area (Å²) in [6, 6.07) is 8.50. The maximum Gasteiger partial charge on any atom is 0.411 e. The molecule has 1 fully saturated rings. The molecule has 1 saturated heterocycles. The quantitative estimate of drug-likeness (QED) is 0.779. The fourth-order valence-corrected chi connectivity index (χ4v) is 2.98. The fraction of sp³-hybridized carbons (Fsp3) is 0.533. The Bertz CT molecular complexity index is 476. The number of piperazine rings is 1. The van der Waals surface area contributed by atoms with Crippen LogP contribution in [0.5, 0.6) is 0 Å². The third-order valence-electron chi connectivity index (χ3n) is 3.67. The van der Waals surface area contributed by atoms with Crippen LogP contribution in [0.1, 0.15) is 44.0 Å². The molecule has 2 atom stereocenters. The highest BCUT2D eigenvalue weighted by Gasteiger charge is 2.45. The van der Waals surface area contributed by atoms with Crippen LogP contribution in [0, 0.1) is 0 Å². The summed E-state index contributed by atoms with van der Waals surface area (Å²) in [5.41, 5.74) is 2.06. The van der Waals surface area contributed by atoms with Gasteiger partial charge in [-0.15, -0.1) is 0 Å². The molecule has 2 aliphatic heterocycles. The van der Waals surface area contributed by atoms with E-state index in [4.69, 9.17) is 4.74 Å². The lowest BCUT2D eigenvalue weighted by molar-refractivity contribution is 0.00342. The second kappa shape index (κ2) is 4.23. The number of carbonyl (C=O) groups excluding carboxylic acids is 1. The molecule has 3 rings (SSSR count). The maximum atomic E-state index is 12.4. The number of fused-ring (bicyclic) bond motifs is 5. The summed E-state index contributed by atoms with van der Waals surface area (Å²) >= 11 is 0. The summed E-state index contributed by atoms with van der Waals surface area (Å²) in [7, 11) is 0. The number of carbonyl (C=O) groups is 1. The van der Waals surface area contributed by atoms with E-state index in [0.29, 0.717) is 0 Å². The Morgan fingerprint density at radius 3 is 2.21 bits per heavy atom. The van der Waals surface area contributed by atoms with Crippen molar-refractivity contribution in [2.75, 3.05) is 13.1 Å². The summed E-state index contributed by atoms with van der Waals surface area (Å²) < 4.78 is 5.55. The zero-order valence-electron chi connectivity index (χ0n) is 11.6. The Hall–Kier alpha value is -1.55. The number of ether oxygens (including phenoxy) is 1. The molecule has 0 spiro atoms. The van der Waals surface area contributed by atoms with Gasteiger partial charge in [-0.1, -0.05) is 24.3 Å². The van der Waals surface area contributed by atoms with Gasteiger partial charge in [0.1, 0.15) is 5.60 Å². The molecule has 4 heteroatoms. The van der Waals surface area contributed by atoms with Gasteiger partial charge >= 0.3 is 6.09 Å². The van der Waals surface area contributed by atoms with Crippen molar-refractivity contribution in [2.45, 2.75) is 38.5 Å². The number of hydrogen-bond donors (Lipinski definition) is 1. The Labute approximate surface area is 113 Å². The van der Waals surface area contributed by atoms with Crippen LogP contribution < -0.4 is 5.32 Å². The van der Waals surface area contributed by atoms with E-state index < -0.39 is 5.60 Å². The van der Waals surface area contributed by atoms with Gasteiger partial charge in [-0.25, -0.2) is 4.79 Å². The van der Waals surface area contributed by atoms with E-state index in [0.717, 1.165) is 13.1 Å². The zero-order chi connectivity index (χ0) is 13.6. The Balaban J connectivity index is 1.92. The van der Waals surface area contributed by atoms with E-state index in [1.165, 1.54) is 11.1 Å². The molecule has 0 radical (unpaired) electrons. The molecule has 1 aromatic carbocycles. The SMILES string of the molecule is CC(C)(C)OC(=O)N1C2CNCC1c1ccccc12. The van der Waals surface area contributed by atoms with Crippen molar-refractivity contribution in [3.63, 3.8) is 0 Å². The smallest absolute Gasteiger partial charge is 0.411 e. The predicted molar refractivity (Wildman–Crippen MR) is 72.9 cm³/mol. The minimum absolute atomic E-state index is 0.102. The van der Waals surface area contributed by atoms with Gasteiger partial charge in [0.25, 0.3) is 0 Å². The van der Waals surface area contributed by atoms with Crippen LogP contribution in [0.15, 0.2) is 24.3 Å². The van der Waals surface area contributed by atoms with Crippen molar-refractivity contribution in [1.82, 2.24) is 10.2 Å². The highest BCUT2D eigenvalue weighted by Crippen LogP contribution is 2.44. The van der Waals surface area contributed by atoms with E-state index in [1.54, 1.807) is 0 Å². The van der Waals surface area contributed by atoms with Gasteiger partial charge in [0, 0.05) is 13.1 Å². The number of amides is 1. The van der Waals surface area contributed by atoms with E-state index in [9.17, 15) is 4.79 Å². The minimum atomic E-state index is -0.451. The van der Waals surface area contributed by atoms with Gasteiger partial charge in [-0.3, -0.25) is 4.90 Å². The van der Waals surface area contributed by atoms with Gasteiger partial charge in [0.15, 0.2) is 0 Å². The monoisotopic (exact) mass is 260 g/mol. The van der Waals surface area contributed by atoms with Crippen molar-refractivity contribution in [2.24, 2.45) is 0 Å². The number of benzene rings is 1. The average molecular weight is 260 g/mol. The lowest BCUT2D eigenvalue weighted by Gasteiger charge is -2.36. The summed E-state index contributed by atoms with van der Waals surface area (Å²) in [5.74, 6) is 0. The molecular weight excluding hydrogens is 240 g/mol. The van der Waals surface area contributed by atoms with E-state index in [-0.39, 0.29) is 18.2 Å². The van der Waals surface area contributed by atoms with E-state index in [2.05, 4.69) is 17.4 Å². The second-order valence-corrected chi connectivity index (χ2v) is 6.21. The van der Waals surface area contributed by atoms with Crippen LogP contribution in [-0.4, -0.2) is 29.7 Å². The third-order valence-corrected chi connectivity index (χ3v) is 3.67. The predicted octanol–water partition coefficient (Wildman–Crippen LogP) is 2.62. The summed E-state index contributed by atoms with van der Waals surface area (Å²) in [4.78, 5) is 14.3. The number of nitrogens with one attached hydrogen (secondary N) is 1. The summed E-state index contributed by atoms with van der Waals surface area (Å²) in [6.45, 7) is 7.31. The largest absolute Gasteiger partial charge is 0.444 e. The van der Waals surface area contributed by atoms with Gasteiger partial charge in [-0.05, 0) is 31.9 Å². The number of nitrogens with zero attached hydrogens (tertiary/aromatic N) is 1. The summed E-state index contributed by atoms with van der Waals surface area (Å²) in [6.07, 6.45) is -0.208. The molecular formula is C15H20N2O2. The average Bonchev–Trinajstić information content (AvgIpc) is 2.53. The number of hydrogen-bond acceptors (Lipinski definition) is 3. The first-order chi connectivity index (χ1) is 8.97. The topological polar surface area (TPSA) is 41.6 Å². The molecule has 19 heavy (non-hydrogen) atoms. The van der Waals surface area contributed by atoms with E-state index in [1.807, 2.05) is 37.8 Å². The molecule has 0 aromatic heterocycles. The van der Waals surface area contributed by atoms with Gasteiger partial charge in [-0.2, -0.15) is 0 Å². The van der Waals surface area contributed by atoms with Gasteiger partial charge in [0.2, 0.25) is 0 Å². The standard InChI is InChI=1S/C15H20N2O2/c1-15(2,3)19-14(18)17-12-8-16-9-13(17)11-7-5-4-6-10(11)12/h4-7,12-13,16H,8-9H2,1-3H3. The molecule has 0 saturated carbocycles. The Kier molecular flexibility index (Phi) is 2.78. The van der Waals surface area contributed by atoms with Crippen molar-refractivity contribution < 1.29 is 9.53 Å². The molecule has 2 bridgehead atoms. The lowest BCUT2D eigenvalue weighted by atomic mass is 10.0. The molecule has 4 nitrogen and oxygen atoms in total. The molecule has 2 heterocycles. The van der Waals surface area contributed by atoms with Crippen molar-refractivity contribution >= 4 is 6.09 Å². The van der Waals surface area contributed by atoms with Crippen molar-refractivity contribution in [1.29, 1.82) is 0 Å². The van der Waals surface area contributed by atoms with Crippen molar-refractivity contribution in [3.8, 4) is 0 Å². The highest BCUT2D eigenvalue weighted by molar-refractivity contribution is 5.71. The highest BCUT2D eigenvalue weighted by atomic mass is 16.6. The molecule has 0 aliphatic carbocycles. The first-order valence-corrected chi connectivity index (χ1v) is 6.78. The fourth-order valence-electron chi connectivity index (χ4n) is 2.98. The second-order valence-electron chi connectivity index (χ2n) is 6.21. The van der Waals surface area contributed by atoms with Gasteiger partial charge < -0.3 is 10.1 Å². The maximum absolute atomic E-state index is 12.4. The van der Waals surface area contributed by atoms with E-state index >= 15 is 0 Å². The first kappa shape index (κ1) is 12.5. The Morgan fingerprint density at radius 1 is 1.21 bits per heavy atom. The van der Waals surface area contributed by atoms with Crippen LogP contribution in [0.2, 0.25) is 0 Å². The Morgan fingerprint density at radius 2 is 1.74 bits per heavy atom. The van der Waals surface area contributed by atoms with Crippen molar-refractivity contribution in [3.05, 3.63) is 35.4 Å². The van der Waals surface area contributed by atoms with Crippen LogP contribution in [0.3, 0.4) is 0 Å².